The van der Waals surface area contributed by atoms with Gasteiger partial charge in [0.1, 0.15) is 5.82 Å². The van der Waals surface area contributed by atoms with Crippen molar-refractivity contribution in [1.82, 2.24) is 14.8 Å². The molecule has 36 heavy (non-hydrogen) atoms. The molecule has 0 atom stereocenters. The summed E-state index contributed by atoms with van der Waals surface area (Å²) in [6, 6.07) is 17.0. The van der Waals surface area contributed by atoms with Crippen molar-refractivity contribution in [2.45, 2.75) is 49.1 Å². The van der Waals surface area contributed by atoms with Gasteiger partial charge < -0.3 is 10.1 Å². The number of aromatic nitrogens is 3. The number of nitrogens with one attached hydrogen (secondary N) is 1. The van der Waals surface area contributed by atoms with Crippen LogP contribution in [-0.2, 0) is 14.9 Å². The van der Waals surface area contributed by atoms with E-state index in [1.54, 1.807) is 24.3 Å². The van der Waals surface area contributed by atoms with Gasteiger partial charge >= 0.3 is 5.97 Å². The molecule has 1 aromatic heterocycles. The first kappa shape index (κ1) is 23.3. The van der Waals surface area contributed by atoms with Crippen LogP contribution in [0, 0.1) is 17.8 Å². The van der Waals surface area contributed by atoms with Crippen LogP contribution < -0.4 is 5.32 Å². The normalized spacial score (nSPS) is 26.1. The van der Waals surface area contributed by atoms with E-state index in [0.29, 0.717) is 11.3 Å². The van der Waals surface area contributed by atoms with Crippen LogP contribution in [0.15, 0.2) is 59.8 Å². The van der Waals surface area contributed by atoms with E-state index in [1.807, 2.05) is 18.2 Å². The number of benzene rings is 2. The van der Waals surface area contributed by atoms with E-state index in [9.17, 15) is 9.59 Å². The van der Waals surface area contributed by atoms with Gasteiger partial charge in [-0.3, -0.25) is 9.36 Å². The number of esters is 1. The lowest BCUT2D eigenvalue weighted by Gasteiger charge is -2.56. The number of para-hydroxylation sites is 1. The SMILES string of the molecule is COC(=O)c1ccc(NC(=O)CSc2nnc(C34CC5CC(CC(C5)C3)C4)n2-c2ccccc2)cc1. The van der Waals surface area contributed by atoms with E-state index in [1.165, 1.54) is 57.4 Å². The topological polar surface area (TPSA) is 86.1 Å². The second-order valence-electron chi connectivity index (χ2n) is 10.6. The van der Waals surface area contributed by atoms with E-state index in [4.69, 9.17) is 9.84 Å². The monoisotopic (exact) mass is 502 g/mol. The van der Waals surface area contributed by atoms with Crippen LogP contribution in [0.3, 0.4) is 0 Å². The largest absolute Gasteiger partial charge is 0.465 e. The highest BCUT2D eigenvalue weighted by atomic mass is 32.2. The fraction of sp³-hybridized carbons (Fsp3) is 0.429. The molecule has 2 aromatic carbocycles. The molecule has 1 heterocycles. The number of ether oxygens (including phenoxy) is 1. The van der Waals surface area contributed by atoms with E-state index >= 15 is 0 Å². The van der Waals surface area contributed by atoms with Gasteiger partial charge in [0, 0.05) is 16.8 Å². The summed E-state index contributed by atoms with van der Waals surface area (Å²) in [5.41, 5.74) is 2.22. The van der Waals surface area contributed by atoms with Crippen LogP contribution in [-0.4, -0.2) is 39.5 Å². The molecule has 186 valence electrons. The molecular formula is C28H30N4O3S. The molecule has 1 amide bonds. The second kappa shape index (κ2) is 9.39. The van der Waals surface area contributed by atoms with Crippen LogP contribution in [0.1, 0.15) is 54.7 Å². The van der Waals surface area contributed by atoms with Crippen molar-refractivity contribution in [3.8, 4) is 5.69 Å². The Labute approximate surface area is 215 Å². The highest BCUT2D eigenvalue weighted by Gasteiger charge is 2.54. The summed E-state index contributed by atoms with van der Waals surface area (Å²) < 4.78 is 6.93. The summed E-state index contributed by atoms with van der Waals surface area (Å²) in [6.45, 7) is 0. The minimum Gasteiger partial charge on any atom is -0.465 e. The lowest BCUT2D eigenvalue weighted by Crippen LogP contribution is -2.49. The van der Waals surface area contributed by atoms with Crippen LogP contribution in [0.25, 0.3) is 5.69 Å². The summed E-state index contributed by atoms with van der Waals surface area (Å²) in [6.07, 6.45) is 7.74. The van der Waals surface area contributed by atoms with Gasteiger partial charge in [0.25, 0.3) is 0 Å². The molecule has 0 saturated heterocycles. The number of thioether (sulfide) groups is 1. The third-order valence-electron chi connectivity index (χ3n) is 8.08. The molecule has 7 nitrogen and oxygen atoms in total. The average molecular weight is 503 g/mol. The van der Waals surface area contributed by atoms with Crippen molar-refractivity contribution in [1.29, 1.82) is 0 Å². The number of anilines is 1. The average Bonchev–Trinajstić information content (AvgIpc) is 3.32. The van der Waals surface area contributed by atoms with Crippen LogP contribution in [0.2, 0.25) is 0 Å². The first-order valence-electron chi connectivity index (χ1n) is 12.7. The molecule has 0 aliphatic heterocycles. The number of carbonyl (C=O) groups excluding carboxylic acids is 2. The smallest absolute Gasteiger partial charge is 0.337 e. The molecule has 3 aromatic rings. The Hall–Kier alpha value is -3.13. The maximum Gasteiger partial charge on any atom is 0.337 e. The van der Waals surface area contributed by atoms with Gasteiger partial charge in [0.05, 0.1) is 18.4 Å². The van der Waals surface area contributed by atoms with Gasteiger partial charge in [0.2, 0.25) is 5.91 Å². The fourth-order valence-corrected chi connectivity index (χ4v) is 7.79. The van der Waals surface area contributed by atoms with Crippen molar-refractivity contribution in [3.63, 3.8) is 0 Å². The molecule has 1 N–H and O–H groups in total. The predicted molar refractivity (Wildman–Crippen MR) is 138 cm³/mol. The predicted octanol–water partition coefficient (Wildman–Crippen LogP) is 5.25. The standard InChI is InChI=1S/C28H30N4O3S/c1-35-25(34)21-7-9-22(10-8-21)29-24(33)17-36-27-31-30-26(32(27)23-5-3-2-4-6-23)28-14-18-11-19(15-28)13-20(12-18)16-28/h2-10,18-20H,11-17H2,1H3,(H,29,33). The molecule has 8 heteroatoms. The summed E-state index contributed by atoms with van der Waals surface area (Å²) in [5, 5.41) is 13.1. The highest BCUT2D eigenvalue weighted by molar-refractivity contribution is 7.99. The van der Waals surface area contributed by atoms with Gasteiger partial charge in [-0.15, -0.1) is 10.2 Å². The Morgan fingerprint density at radius 2 is 1.61 bits per heavy atom. The maximum atomic E-state index is 12.8. The second-order valence-corrected chi connectivity index (χ2v) is 11.5. The molecule has 4 fully saturated rings. The number of amides is 1. The Balaban J connectivity index is 1.22. The number of hydrogen-bond donors (Lipinski definition) is 1. The molecule has 7 rings (SSSR count). The third-order valence-corrected chi connectivity index (χ3v) is 9.01. The summed E-state index contributed by atoms with van der Waals surface area (Å²) in [7, 11) is 1.35. The van der Waals surface area contributed by atoms with Gasteiger partial charge in [-0.05, 0) is 92.7 Å². The van der Waals surface area contributed by atoms with Crippen molar-refractivity contribution >= 4 is 29.3 Å². The van der Waals surface area contributed by atoms with Gasteiger partial charge in [0.15, 0.2) is 5.16 Å². The zero-order chi connectivity index (χ0) is 24.7. The lowest BCUT2D eigenvalue weighted by molar-refractivity contribution is -0.113. The third kappa shape index (κ3) is 4.32. The maximum absolute atomic E-state index is 12.8. The van der Waals surface area contributed by atoms with E-state index < -0.39 is 5.97 Å². The number of methoxy groups -OCH3 is 1. The summed E-state index contributed by atoms with van der Waals surface area (Å²) >= 11 is 1.41. The van der Waals surface area contributed by atoms with E-state index in [2.05, 4.69) is 27.1 Å². The molecular weight excluding hydrogens is 472 g/mol. The molecule has 4 bridgehead atoms. The molecule has 4 aliphatic rings. The summed E-state index contributed by atoms with van der Waals surface area (Å²) in [4.78, 5) is 24.4. The van der Waals surface area contributed by atoms with Crippen molar-refractivity contribution in [3.05, 3.63) is 66.0 Å². The van der Waals surface area contributed by atoms with Crippen LogP contribution in [0.5, 0.6) is 0 Å². The molecule has 0 radical (unpaired) electrons. The zero-order valence-electron chi connectivity index (χ0n) is 20.4. The Morgan fingerprint density at radius 1 is 0.972 bits per heavy atom. The van der Waals surface area contributed by atoms with E-state index in [0.717, 1.165) is 34.4 Å². The molecule has 0 spiro atoms. The molecule has 4 aliphatic carbocycles. The number of nitrogens with zero attached hydrogens (tertiary/aromatic N) is 3. The lowest BCUT2D eigenvalue weighted by atomic mass is 9.49. The van der Waals surface area contributed by atoms with E-state index in [-0.39, 0.29) is 17.1 Å². The van der Waals surface area contributed by atoms with Crippen molar-refractivity contribution in [2.24, 2.45) is 17.8 Å². The molecule has 0 unspecified atom stereocenters. The number of hydrogen-bond acceptors (Lipinski definition) is 6. The van der Waals surface area contributed by atoms with Crippen LogP contribution >= 0.6 is 11.8 Å². The van der Waals surface area contributed by atoms with Crippen molar-refractivity contribution < 1.29 is 14.3 Å². The zero-order valence-corrected chi connectivity index (χ0v) is 21.2. The van der Waals surface area contributed by atoms with Gasteiger partial charge in [-0.25, -0.2) is 4.79 Å². The van der Waals surface area contributed by atoms with Gasteiger partial charge in [-0.2, -0.15) is 0 Å². The Bertz CT molecular complexity index is 1240. The first-order valence-corrected chi connectivity index (χ1v) is 13.6. The minimum atomic E-state index is -0.404. The van der Waals surface area contributed by atoms with Crippen LogP contribution in [0.4, 0.5) is 5.69 Å². The molecule has 4 saturated carbocycles. The van der Waals surface area contributed by atoms with Crippen molar-refractivity contribution in [2.75, 3.05) is 18.2 Å². The number of carbonyl (C=O) groups is 2. The fourth-order valence-electron chi connectivity index (χ4n) is 7.04. The summed E-state index contributed by atoms with van der Waals surface area (Å²) in [5.74, 6) is 3.18. The Morgan fingerprint density at radius 3 is 2.22 bits per heavy atom. The number of rotatable bonds is 7. The quantitative estimate of drug-likeness (QED) is 0.351. The highest BCUT2D eigenvalue weighted by Crippen LogP contribution is 2.60. The van der Waals surface area contributed by atoms with Gasteiger partial charge in [-0.1, -0.05) is 30.0 Å². The first-order chi connectivity index (χ1) is 17.5. The Kier molecular flexibility index (Phi) is 6.07. The minimum absolute atomic E-state index is 0.0973.